The molecule has 3 nitrogen and oxygen atoms in total. The van der Waals surface area contributed by atoms with E-state index in [2.05, 4.69) is 37.6 Å². The molecule has 0 aliphatic heterocycles. The molecule has 0 heterocycles. The number of alkyl halides is 3. The van der Waals surface area contributed by atoms with E-state index >= 15 is 0 Å². The fraction of sp³-hybridized carbons (Fsp3) is 0.607. The number of nitrogens with zero attached hydrogens (tertiary/aromatic N) is 1. The fourth-order valence-electron chi connectivity index (χ4n) is 6.00. The second-order valence-corrected chi connectivity index (χ2v) is 10.2. The van der Waals surface area contributed by atoms with Crippen molar-refractivity contribution in [2.24, 2.45) is 22.2 Å². The first kappa shape index (κ1) is 26.7. The largest absolute Gasteiger partial charge is 0.432 e. The zero-order valence-electron chi connectivity index (χ0n) is 20.5. The highest BCUT2D eigenvalue weighted by molar-refractivity contribution is 5.99. The topological polar surface area (TPSA) is 52.8 Å². The minimum atomic E-state index is -4.42. The van der Waals surface area contributed by atoms with Crippen LogP contribution in [0.4, 0.5) is 13.2 Å². The lowest BCUT2D eigenvalue weighted by Crippen LogP contribution is -2.32. The summed E-state index contributed by atoms with van der Waals surface area (Å²) < 4.78 is 39.3. The first-order valence-corrected chi connectivity index (χ1v) is 12.4. The van der Waals surface area contributed by atoms with Crippen molar-refractivity contribution in [2.45, 2.75) is 84.1 Å². The van der Waals surface area contributed by atoms with Crippen LogP contribution in [0.3, 0.4) is 0 Å². The maximum atomic E-state index is 13.1. The van der Waals surface area contributed by atoms with Gasteiger partial charge in [-0.05, 0) is 79.9 Å². The van der Waals surface area contributed by atoms with Gasteiger partial charge in [-0.25, -0.2) is 0 Å². The molecule has 0 radical (unpaired) electrons. The summed E-state index contributed by atoms with van der Waals surface area (Å²) in [5.41, 5.74) is 3.49. The molecule has 0 amide bonds. The summed E-state index contributed by atoms with van der Waals surface area (Å²) in [6, 6.07) is 0. The van der Waals surface area contributed by atoms with Gasteiger partial charge in [0.25, 0.3) is 0 Å². The van der Waals surface area contributed by atoms with Crippen molar-refractivity contribution in [3.63, 3.8) is 0 Å². The van der Waals surface area contributed by atoms with Gasteiger partial charge in [0.15, 0.2) is 0 Å². The Hall–Kier alpha value is -1.92. The van der Waals surface area contributed by atoms with Crippen LogP contribution in [-0.4, -0.2) is 40.9 Å². The first-order valence-electron chi connectivity index (χ1n) is 12.4. The molecule has 3 rings (SSSR count). The Balaban J connectivity index is 1.73. The normalized spacial score (nSPS) is 34.1. The SMILES string of the molecule is C=C1/C(=C\C=C2/CCC[C@]3(C)C([C@@H](C)C/C=C/C(=N\CC)C(F)(F)F)=CC[C@@H]23)C[C@@H](O)C[C@@H]1O. The molecule has 0 unspecified atom stereocenters. The van der Waals surface area contributed by atoms with E-state index in [4.69, 9.17) is 0 Å². The molecule has 3 aliphatic carbocycles. The molecule has 2 saturated carbocycles. The van der Waals surface area contributed by atoms with E-state index in [9.17, 15) is 23.4 Å². The molecular weight excluding hydrogens is 439 g/mol. The number of hydrogen-bond donors (Lipinski definition) is 2. The zero-order valence-corrected chi connectivity index (χ0v) is 20.5. The van der Waals surface area contributed by atoms with Crippen LogP contribution in [0.15, 0.2) is 64.2 Å². The molecule has 0 aromatic rings. The van der Waals surface area contributed by atoms with Crippen molar-refractivity contribution in [3.05, 3.63) is 59.3 Å². The first-order chi connectivity index (χ1) is 16.0. The summed E-state index contributed by atoms with van der Waals surface area (Å²) >= 11 is 0. The molecule has 2 fully saturated rings. The van der Waals surface area contributed by atoms with Gasteiger partial charge in [-0.2, -0.15) is 13.2 Å². The van der Waals surface area contributed by atoms with E-state index < -0.39 is 24.1 Å². The molecule has 0 bridgehead atoms. The summed E-state index contributed by atoms with van der Waals surface area (Å²) in [7, 11) is 0. The average Bonchev–Trinajstić information content (AvgIpc) is 3.11. The highest BCUT2D eigenvalue weighted by Gasteiger charge is 2.45. The lowest BCUT2D eigenvalue weighted by Gasteiger charge is -2.42. The molecule has 2 N–H and O–H groups in total. The minimum Gasteiger partial charge on any atom is -0.393 e. The van der Waals surface area contributed by atoms with E-state index in [-0.39, 0.29) is 17.9 Å². The number of aliphatic hydroxyl groups excluding tert-OH is 2. The Morgan fingerprint density at radius 1 is 1.32 bits per heavy atom. The van der Waals surface area contributed by atoms with E-state index in [1.807, 2.05) is 6.08 Å². The zero-order chi connectivity index (χ0) is 25.1. The lowest BCUT2D eigenvalue weighted by molar-refractivity contribution is -0.0578. The third kappa shape index (κ3) is 5.83. The molecule has 0 aromatic carbocycles. The van der Waals surface area contributed by atoms with Gasteiger partial charge in [-0.1, -0.05) is 55.9 Å². The standard InChI is InChI=1S/C28H38F3NO2/c1-5-32-26(28(29,30)31)10-6-8-18(2)23-13-14-24-20(9-7-15-27(23,24)4)11-12-21-16-22(33)17-25(34)19(21)3/h6,10-13,18,22,24-25,33-34H,3,5,7-9,14-17H2,1-2,4H3/b10-6+,20-11+,21-12-,32-26+/t18-,22+,24-,25-,27+/m0/s1. The predicted molar refractivity (Wildman–Crippen MR) is 132 cm³/mol. The van der Waals surface area contributed by atoms with Crippen LogP contribution in [0.1, 0.15) is 65.7 Å². The summed E-state index contributed by atoms with van der Waals surface area (Å²) in [5.74, 6) is 0.530. The number of fused-ring (bicyclic) bond motifs is 1. The summed E-state index contributed by atoms with van der Waals surface area (Å²) in [6.07, 6.45) is 9.02. The molecular formula is C28H38F3NO2. The molecule has 34 heavy (non-hydrogen) atoms. The van der Waals surface area contributed by atoms with Crippen molar-refractivity contribution >= 4 is 5.71 Å². The van der Waals surface area contributed by atoms with Crippen LogP contribution < -0.4 is 0 Å². The quantitative estimate of drug-likeness (QED) is 0.332. The van der Waals surface area contributed by atoms with E-state index in [1.165, 1.54) is 11.1 Å². The van der Waals surface area contributed by atoms with Crippen molar-refractivity contribution < 1.29 is 23.4 Å². The van der Waals surface area contributed by atoms with Gasteiger partial charge >= 0.3 is 6.18 Å². The Bertz CT molecular complexity index is 924. The van der Waals surface area contributed by atoms with Crippen LogP contribution in [0, 0.1) is 17.3 Å². The highest BCUT2D eigenvalue weighted by atomic mass is 19.4. The van der Waals surface area contributed by atoms with Crippen LogP contribution in [0.5, 0.6) is 0 Å². The molecule has 3 aliphatic rings. The Morgan fingerprint density at radius 3 is 2.74 bits per heavy atom. The van der Waals surface area contributed by atoms with E-state index in [1.54, 1.807) is 13.0 Å². The maximum absolute atomic E-state index is 13.1. The number of halogens is 3. The predicted octanol–water partition coefficient (Wildman–Crippen LogP) is 6.65. The Morgan fingerprint density at radius 2 is 2.06 bits per heavy atom. The van der Waals surface area contributed by atoms with Gasteiger partial charge in [0.05, 0.1) is 12.2 Å². The van der Waals surface area contributed by atoms with Crippen LogP contribution in [-0.2, 0) is 0 Å². The Labute approximate surface area is 201 Å². The monoisotopic (exact) mass is 477 g/mol. The van der Waals surface area contributed by atoms with Crippen molar-refractivity contribution in [2.75, 3.05) is 6.54 Å². The molecule has 0 saturated heterocycles. The number of rotatable bonds is 6. The van der Waals surface area contributed by atoms with Crippen molar-refractivity contribution in [1.82, 2.24) is 0 Å². The molecule has 0 spiro atoms. The van der Waals surface area contributed by atoms with Gasteiger partial charge in [0, 0.05) is 13.0 Å². The highest BCUT2D eigenvalue weighted by Crippen LogP contribution is 2.57. The average molecular weight is 478 g/mol. The molecule has 6 heteroatoms. The van der Waals surface area contributed by atoms with Gasteiger partial charge in [-0.15, -0.1) is 0 Å². The van der Waals surface area contributed by atoms with Crippen LogP contribution >= 0.6 is 0 Å². The number of aliphatic hydroxyl groups is 2. The van der Waals surface area contributed by atoms with Crippen LogP contribution in [0.25, 0.3) is 0 Å². The van der Waals surface area contributed by atoms with Crippen LogP contribution in [0.2, 0.25) is 0 Å². The van der Waals surface area contributed by atoms with E-state index in [0.717, 1.165) is 37.3 Å². The number of aliphatic imine (C=N–C) groups is 1. The number of hydrogen-bond acceptors (Lipinski definition) is 3. The summed E-state index contributed by atoms with van der Waals surface area (Å²) in [4.78, 5) is 3.59. The third-order valence-corrected chi connectivity index (χ3v) is 7.79. The van der Waals surface area contributed by atoms with Gasteiger partial charge in [-0.3, -0.25) is 4.99 Å². The second-order valence-electron chi connectivity index (χ2n) is 10.2. The number of allylic oxidation sites excluding steroid dienone is 7. The van der Waals surface area contributed by atoms with E-state index in [0.29, 0.717) is 30.8 Å². The maximum Gasteiger partial charge on any atom is 0.432 e. The fourth-order valence-corrected chi connectivity index (χ4v) is 6.00. The Kier molecular flexibility index (Phi) is 8.46. The minimum absolute atomic E-state index is 0.00279. The molecule has 5 atom stereocenters. The third-order valence-electron chi connectivity index (χ3n) is 7.79. The van der Waals surface area contributed by atoms with Gasteiger partial charge in [0.1, 0.15) is 5.71 Å². The smallest absolute Gasteiger partial charge is 0.393 e. The summed E-state index contributed by atoms with van der Waals surface area (Å²) in [6.45, 7) is 10.1. The van der Waals surface area contributed by atoms with Gasteiger partial charge < -0.3 is 10.2 Å². The lowest BCUT2D eigenvalue weighted by atomic mass is 9.62. The molecule has 0 aromatic heterocycles. The second kappa shape index (κ2) is 10.8. The van der Waals surface area contributed by atoms with Crippen molar-refractivity contribution in [3.8, 4) is 0 Å². The van der Waals surface area contributed by atoms with Gasteiger partial charge in [0.2, 0.25) is 0 Å². The van der Waals surface area contributed by atoms with Crippen molar-refractivity contribution in [1.29, 1.82) is 0 Å². The summed E-state index contributed by atoms with van der Waals surface area (Å²) in [5, 5.41) is 20.1. The molecule has 188 valence electrons.